The minimum absolute atomic E-state index is 0. The van der Waals surface area contributed by atoms with E-state index in [9.17, 15) is 9.90 Å². The summed E-state index contributed by atoms with van der Waals surface area (Å²) < 4.78 is 4.82. The number of ether oxygens (including phenoxy) is 1. The van der Waals surface area contributed by atoms with Crippen molar-refractivity contribution in [2.45, 2.75) is 18.9 Å². The van der Waals surface area contributed by atoms with Crippen molar-refractivity contribution in [1.82, 2.24) is 0 Å². The number of carbonyl (C=O) groups excluding carboxylic acids is 1. The van der Waals surface area contributed by atoms with Gasteiger partial charge in [-0.15, -0.1) is 0 Å². The molecule has 46 valence electrons. The summed E-state index contributed by atoms with van der Waals surface area (Å²) in [6, 6.07) is 0. The monoisotopic (exact) mass is 122 g/mol. The second kappa shape index (κ2) is 3.94. The normalized spacial score (nSPS) is 23.8. The van der Waals surface area contributed by atoms with Crippen LogP contribution >= 0.6 is 0 Å². The number of aliphatic carboxylic acids is 1. The summed E-state index contributed by atoms with van der Waals surface area (Å²) in [7, 11) is 0. The molecule has 1 saturated heterocycles. The molecule has 1 rings (SSSR count). The van der Waals surface area contributed by atoms with Crippen molar-refractivity contribution in [2.75, 3.05) is 6.61 Å². The van der Waals surface area contributed by atoms with E-state index in [4.69, 9.17) is 4.74 Å². The van der Waals surface area contributed by atoms with Crippen LogP contribution in [0.4, 0.5) is 0 Å². The number of hydrogen-bond donors (Lipinski definition) is 0. The molecule has 1 unspecified atom stereocenters. The fourth-order valence-corrected chi connectivity index (χ4v) is 0.631. The van der Waals surface area contributed by atoms with Gasteiger partial charge < -0.3 is 14.6 Å². The van der Waals surface area contributed by atoms with Gasteiger partial charge in [-0.1, -0.05) is 0 Å². The Morgan fingerprint density at radius 2 is 2.33 bits per heavy atom. The van der Waals surface area contributed by atoms with Crippen molar-refractivity contribution in [3.63, 3.8) is 0 Å². The van der Waals surface area contributed by atoms with Crippen molar-refractivity contribution >= 4 is 5.97 Å². The Balaban J connectivity index is 0.000000640. The molecule has 0 aromatic carbocycles. The van der Waals surface area contributed by atoms with Crippen LogP contribution in [0.25, 0.3) is 0 Å². The molecule has 1 fully saturated rings. The zero-order valence-electron chi connectivity index (χ0n) is 5.42. The average molecular weight is 122 g/mol. The first kappa shape index (κ1) is 9.03. The maximum atomic E-state index is 9.81. The summed E-state index contributed by atoms with van der Waals surface area (Å²) in [5, 5.41) is 9.81. The van der Waals surface area contributed by atoms with E-state index < -0.39 is 5.97 Å². The molecule has 0 aromatic heterocycles. The minimum atomic E-state index is -1.02. The Morgan fingerprint density at radius 3 is 2.44 bits per heavy atom. The van der Waals surface area contributed by atoms with Gasteiger partial charge >= 0.3 is 18.9 Å². The molecule has 0 saturated carbocycles. The van der Waals surface area contributed by atoms with Gasteiger partial charge in [-0.25, -0.2) is 0 Å². The molecule has 0 amide bonds. The van der Waals surface area contributed by atoms with Gasteiger partial charge in [0.25, 0.3) is 0 Å². The number of rotatable bonds is 2. The van der Waals surface area contributed by atoms with Crippen molar-refractivity contribution in [1.29, 1.82) is 0 Å². The number of carbonyl (C=O) groups is 1. The topological polar surface area (TPSA) is 49.4 Å². The molecule has 1 atom stereocenters. The predicted octanol–water partition coefficient (Wildman–Crippen LogP) is -4.08. The predicted molar refractivity (Wildman–Crippen MR) is 24.0 cm³/mol. The first-order valence-electron chi connectivity index (χ1n) is 2.60. The third-order valence-corrected chi connectivity index (χ3v) is 1.19. The van der Waals surface area contributed by atoms with Crippen molar-refractivity contribution in [3.8, 4) is 0 Å². The molecule has 3 nitrogen and oxygen atoms in total. The van der Waals surface area contributed by atoms with Crippen LogP contribution in [0.2, 0.25) is 0 Å². The van der Waals surface area contributed by atoms with E-state index in [0.29, 0.717) is 6.61 Å². The van der Waals surface area contributed by atoms with Crippen LogP contribution in [-0.2, 0) is 9.53 Å². The fraction of sp³-hybridized carbons (Fsp3) is 0.800. The fourth-order valence-electron chi connectivity index (χ4n) is 0.631. The molecular weight excluding hydrogens is 115 g/mol. The molecule has 0 bridgehead atoms. The standard InChI is InChI=1S/C5H8O3.Li/c6-5(7)3-4-1-2-8-4;/h4H,1-3H2,(H,6,7);/q;+1/p-1. The molecule has 0 radical (unpaired) electrons. The maximum Gasteiger partial charge on any atom is 1.00 e. The number of hydrogen-bond acceptors (Lipinski definition) is 3. The van der Waals surface area contributed by atoms with E-state index in [1.807, 2.05) is 0 Å². The van der Waals surface area contributed by atoms with Crippen LogP contribution in [0.3, 0.4) is 0 Å². The number of carboxylic acids is 1. The van der Waals surface area contributed by atoms with Crippen LogP contribution in [-0.4, -0.2) is 18.7 Å². The van der Waals surface area contributed by atoms with E-state index in [0.717, 1.165) is 6.42 Å². The average Bonchev–Trinajstić information content (AvgIpc) is 1.55. The smallest absolute Gasteiger partial charge is 0.550 e. The molecule has 4 heteroatoms. The van der Waals surface area contributed by atoms with Gasteiger partial charge in [-0.05, 0) is 6.42 Å². The summed E-state index contributed by atoms with van der Waals surface area (Å²) in [4.78, 5) is 9.81. The maximum absolute atomic E-state index is 9.81. The minimum Gasteiger partial charge on any atom is -0.550 e. The van der Waals surface area contributed by atoms with Crippen LogP contribution < -0.4 is 24.0 Å². The molecule has 1 aliphatic heterocycles. The largest absolute Gasteiger partial charge is 1.00 e. The summed E-state index contributed by atoms with van der Waals surface area (Å²) in [5.74, 6) is -1.02. The van der Waals surface area contributed by atoms with Crippen LogP contribution in [0.15, 0.2) is 0 Å². The van der Waals surface area contributed by atoms with Crippen LogP contribution in [0.1, 0.15) is 12.8 Å². The first-order chi connectivity index (χ1) is 3.79. The Morgan fingerprint density at radius 1 is 1.78 bits per heavy atom. The molecule has 0 aliphatic carbocycles. The van der Waals surface area contributed by atoms with Gasteiger partial charge in [0.2, 0.25) is 0 Å². The van der Waals surface area contributed by atoms with Crippen molar-refractivity contribution in [2.24, 2.45) is 0 Å². The van der Waals surface area contributed by atoms with E-state index in [1.165, 1.54) is 0 Å². The zero-order valence-corrected chi connectivity index (χ0v) is 5.42. The number of carboxylic acid groups (broad SMARTS) is 1. The quantitative estimate of drug-likeness (QED) is 0.350. The van der Waals surface area contributed by atoms with Crippen molar-refractivity contribution in [3.05, 3.63) is 0 Å². The second-order valence-electron chi connectivity index (χ2n) is 1.86. The molecule has 0 N–H and O–H groups in total. The summed E-state index contributed by atoms with van der Waals surface area (Å²) in [6.45, 7) is 0.706. The van der Waals surface area contributed by atoms with Gasteiger partial charge in [-0.3, -0.25) is 0 Å². The molecular formula is C5H7LiO3. The van der Waals surface area contributed by atoms with Gasteiger partial charge in [0.15, 0.2) is 0 Å². The van der Waals surface area contributed by atoms with Crippen LogP contribution in [0, 0.1) is 0 Å². The summed E-state index contributed by atoms with van der Waals surface area (Å²) in [5.41, 5.74) is 0. The molecule has 0 aromatic rings. The summed E-state index contributed by atoms with van der Waals surface area (Å²) >= 11 is 0. The zero-order chi connectivity index (χ0) is 5.98. The van der Waals surface area contributed by atoms with Crippen molar-refractivity contribution < 1.29 is 33.5 Å². The van der Waals surface area contributed by atoms with E-state index in [-0.39, 0.29) is 31.4 Å². The Kier molecular flexibility index (Phi) is 3.95. The van der Waals surface area contributed by atoms with Gasteiger partial charge in [0.05, 0.1) is 6.10 Å². The first-order valence-corrected chi connectivity index (χ1v) is 2.60. The third kappa shape index (κ3) is 2.90. The third-order valence-electron chi connectivity index (χ3n) is 1.19. The Hall–Kier alpha value is 0.0274. The van der Waals surface area contributed by atoms with Crippen LogP contribution in [0.5, 0.6) is 0 Å². The molecule has 1 heterocycles. The van der Waals surface area contributed by atoms with E-state index in [2.05, 4.69) is 0 Å². The Bertz CT molecular complexity index is 100. The summed E-state index contributed by atoms with van der Waals surface area (Å²) in [6.07, 6.45) is 0.869. The SMILES string of the molecule is O=C([O-])CC1CCO1.[Li+]. The van der Waals surface area contributed by atoms with Gasteiger partial charge in [-0.2, -0.15) is 0 Å². The molecule has 0 spiro atoms. The molecule has 9 heavy (non-hydrogen) atoms. The Labute approximate surface area is 65.6 Å². The van der Waals surface area contributed by atoms with Gasteiger partial charge in [0, 0.05) is 19.0 Å². The van der Waals surface area contributed by atoms with E-state index in [1.54, 1.807) is 0 Å². The molecule has 1 aliphatic rings. The van der Waals surface area contributed by atoms with E-state index >= 15 is 0 Å². The van der Waals surface area contributed by atoms with Gasteiger partial charge in [0.1, 0.15) is 0 Å². The second-order valence-corrected chi connectivity index (χ2v) is 1.86.